The molecule has 6 rings (SSSR count). The molecule has 3 fully saturated rings. The molecule has 0 aliphatic carbocycles. The summed E-state index contributed by atoms with van der Waals surface area (Å²) >= 11 is 0. The first-order valence-corrected chi connectivity index (χ1v) is 14.2. The van der Waals surface area contributed by atoms with Gasteiger partial charge in [0, 0.05) is 32.7 Å². The molecule has 214 valence electrons. The molecule has 0 aromatic heterocycles. The fourth-order valence-corrected chi connectivity index (χ4v) is 7.16. The Morgan fingerprint density at radius 3 is 2.52 bits per heavy atom. The highest BCUT2D eigenvalue weighted by molar-refractivity contribution is 5.99. The molecule has 1 aromatic carbocycles. The van der Waals surface area contributed by atoms with Crippen molar-refractivity contribution < 1.29 is 33.7 Å². The van der Waals surface area contributed by atoms with Crippen molar-refractivity contribution in [3.63, 3.8) is 0 Å². The summed E-state index contributed by atoms with van der Waals surface area (Å²) in [5.74, 6) is -2.99. The predicted molar refractivity (Wildman–Crippen MR) is 144 cm³/mol. The van der Waals surface area contributed by atoms with Crippen LogP contribution in [0.15, 0.2) is 54.6 Å². The number of hydrogen-bond donors (Lipinski definition) is 1. The zero-order chi connectivity index (χ0) is 27.9. The molecule has 0 radical (unpaired) electrons. The number of aliphatic hydroxyl groups is 1. The molecular weight excluding hydrogens is 514 g/mol. The van der Waals surface area contributed by atoms with Gasteiger partial charge in [0.05, 0.1) is 37.4 Å². The van der Waals surface area contributed by atoms with Crippen LogP contribution < -0.4 is 0 Å². The first-order valence-electron chi connectivity index (χ1n) is 14.2. The number of fused-ring (bicyclic) bond motifs is 2. The van der Waals surface area contributed by atoms with Crippen LogP contribution in [-0.4, -0.2) is 120 Å². The lowest BCUT2D eigenvalue weighted by Crippen LogP contribution is -2.59. The number of hydrogen-bond acceptors (Lipinski definition) is 8. The minimum atomic E-state index is -1.37. The van der Waals surface area contributed by atoms with Gasteiger partial charge in [-0.25, -0.2) is 0 Å². The van der Waals surface area contributed by atoms with Crippen molar-refractivity contribution in [2.45, 2.75) is 36.6 Å². The number of benzene rings is 1. The highest BCUT2D eigenvalue weighted by Gasteiger charge is 2.75. The Bertz CT molecular complexity index is 1200. The molecule has 2 amide bonds. The Hall–Kier alpha value is -3.05. The standard InChI is InChI=1S/C30H37N3O7/c1-29-9-6-16-39-28(37)24(29)23-26(35)33(22(20-34)19-21-7-3-2-4-8-21)25-27(36)32(11-5-10-30(23,25)40-29)13-12-31-14-17-38-18-15-31/h2-10,22-25,34H,11-20H2,1H3/t22-,23+,24+,25?,29-,30+/m1/s1. The number of carbonyl (C=O) groups excluding carboxylic acids is 3. The van der Waals surface area contributed by atoms with Crippen LogP contribution in [0.3, 0.4) is 0 Å². The van der Waals surface area contributed by atoms with Crippen molar-refractivity contribution >= 4 is 17.8 Å². The monoisotopic (exact) mass is 551 g/mol. The number of ether oxygens (including phenoxy) is 3. The van der Waals surface area contributed by atoms with Crippen molar-refractivity contribution in [1.29, 1.82) is 0 Å². The summed E-state index contributed by atoms with van der Waals surface area (Å²) in [6, 6.07) is 7.88. The van der Waals surface area contributed by atoms with Crippen LogP contribution in [0, 0.1) is 11.8 Å². The lowest BCUT2D eigenvalue weighted by atomic mass is 9.75. The van der Waals surface area contributed by atoms with Crippen LogP contribution in [0.4, 0.5) is 0 Å². The van der Waals surface area contributed by atoms with Gasteiger partial charge in [0.25, 0.3) is 0 Å². The van der Waals surface area contributed by atoms with Gasteiger partial charge < -0.3 is 29.1 Å². The summed E-state index contributed by atoms with van der Waals surface area (Å²) in [5, 5.41) is 10.6. The molecule has 10 heteroatoms. The number of cyclic esters (lactones) is 1. The van der Waals surface area contributed by atoms with Crippen molar-refractivity contribution in [1.82, 2.24) is 14.7 Å². The van der Waals surface area contributed by atoms with E-state index in [9.17, 15) is 19.5 Å². The fourth-order valence-electron chi connectivity index (χ4n) is 7.16. The summed E-state index contributed by atoms with van der Waals surface area (Å²) in [4.78, 5) is 47.8. The number of carbonyl (C=O) groups is 3. The molecule has 5 heterocycles. The smallest absolute Gasteiger partial charge is 0.313 e. The second-order valence-corrected chi connectivity index (χ2v) is 11.4. The van der Waals surface area contributed by atoms with E-state index in [1.807, 2.05) is 42.5 Å². The maximum absolute atomic E-state index is 14.5. The summed E-state index contributed by atoms with van der Waals surface area (Å²) in [5.41, 5.74) is -1.55. The van der Waals surface area contributed by atoms with E-state index >= 15 is 0 Å². The predicted octanol–water partition coefficient (Wildman–Crippen LogP) is 0.405. The molecule has 6 atom stereocenters. The Balaban J connectivity index is 1.39. The van der Waals surface area contributed by atoms with E-state index in [1.54, 1.807) is 24.0 Å². The first kappa shape index (κ1) is 27.1. The molecular formula is C30H37N3O7. The molecule has 5 aliphatic heterocycles. The number of likely N-dealkylation sites (tertiary alicyclic amines) is 1. The molecule has 1 aromatic rings. The van der Waals surface area contributed by atoms with Gasteiger partial charge in [-0.3, -0.25) is 19.3 Å². The third-order valence-electron chi connectivity index (χ3n) is 9.04. The van der Waals surface area contributed by atoms with E-state index in [0.29, 0.717) is 39.3 Å². The minimum absolute atomic E-state index is 0.104. The number of aliphatic hydroxyl groups excluding tert-OH is 1. The van der Waals surface area contributed by atoms with Gasteiger partial charge in [-0.05, 0) is 25.0 Å². The molecule has 0 bridgehead atoms. The minimum Gasteiger partial charge on any atom is -0.461 e. The number of rotatable bonds is 7. The first-order chi connectivity index (χ1) is 19.4. The summed E-state index contributed by atoms with van der Waals surface area (Å²) in [6.07, 6.45) is 7.59. The van der Waals surface area contributed by atoms with Crippen LogP contribution in [0.5, 0.6) is 0 Å². The SMILES string of the molecule is C[C@@]12C=CCOC(=O)[C@@H]1[C@H]1C(=O)N([C@@H](CO)Cc3ccccc3)C3C(=O)N(CCN4CCOCC4)CC=C[C@@]31O2. The fraction of sp³-hybridized carbons (Fsp3) is 0.567. The van der Waals surface area contributed by atoms with Crippen molar-refractivity contribution in [2.24, 2.45) is 11.8 Å². The van der Waals surface area contributed by atoms with E-state index < -0.39 is 41.1 Å². The molecule has 1 N–H and O–H groups in total. The zero-order valence-electron chi connectivity index (χ0n) is 22.8. The van der Waals surface area contributed by atoms with Gasteiger partial charge in [-0.2, -0.15) is 0 Å². The van der Waals surface area contributed by atoms with Gasteiger partial charge in [-0.1, -0.05) is 48.6 Å². The van der Waals surface area contributed by atoms with Gasteiger partial charge in [0.2, 0.25) is 11.8 Å². The van der Waals surface area contributed by atoms with Crippen molar-refractivity contribution in [3.8, 4) is 0 Å². The van der Waals surface area contributed by atoms with Gasteiger partial charge in [0.15, 0.2) is 0 Å². The second kappa shape index (κ2) is 10.7. The highest BCUT2D eigenvalue weighted by Crippen LogP contribution is 2.57. The topological polar surface area (TPSA) is 109 Å². The van der Waals surface area contributed by atoms with Crippen LogP contribution in [0.2, 0.25) is 0 Å². The maximum atomic E-state index is 14.5. The molecule has 40 heavy (non-hydrogen) atoms. The molecule has 10 nitrogen and oxygen atoms in total. The summed E-state index contributed by atoms with van der Waals surface area (Å²) in [7, 11) is 0. The lowest BCUT2D eigenvalue weighted by Gasteiger charge is -2.40. The van der Waals surface area contributed by atoms with Crippen LogP contribution >= 0.6 is 0 Å². The van der Waals surface area contributed by atoms with Gasteiger partial charge in [-0.15, -0.1) is 0 Å². The van der Waals surface area contributed by atoms with E-state index in [-0.39, 0.29) is 25.0 Å². The maximum Gasteiger partial charge on any atom is 0.313 e. The quantitative estimate of drug-likeness (QED) is 0.384. The van der Waals surface area contributed by atoms with E-state index in [4.69, 9.17) is 14.2 Å². The van der Waals surface area contributed by atoms with E-state index in [2.05, 4.69) is 4.90 Å². The number of morpholine rings is 1. The van der Waals surface area contributed by atoms with Crippen molar-refractivity contribution in [2.75, 3.05) is 59.2 Å². The zero-order valence-corrected chi connectivity index (χ0v) is 22.8. The van der Waals surface area contributed by atoms with Gasteiger partial charge in [0.1, 0.15) is 24.2 Å². The van der Waals surface area contributed by atoms with E-state index in [0.717, 1.165) is 18.7 Å². The van der Waals surface area contributed by atoms with Crippen LogP contribution in [-0.2, 0) is 35.0 Å². The molecule has 1 unspecified atom stereocenters. The summed E-state index contributed by atoms with van der Waals surface area (Å²) < 4.78 is 17.7. The lowest BCUT2D eigenvalue weighted by molar-refractivity contribution is -0.159. The third-order valence-corrected chi connectivity index (χ3v) is 9.04. The van der Waals surface area contributed by atoms with Crippen molar-refractivity contribution in [3.05, 3.63) is 60.2 Å². The number of amides is 2. The largest absolute Gasteiger partial charge is 0.461 e. The third kappa shape index (κ3) is 4.47. The average Bonchev–Trinajstić information content (AvgIpc) is 3.23. The molecule has 3 saturated heterocycles. The Labute approximate surface area is 234 Å². The summed E-state index contributed by atoms with van der Waals surface area (Å²) in [6.45, 7) is 6.02. The van der Waals surface area contributed by atoms with E-state index in [1.165, 1.54) is 4.90 Å². The Morgan fingerprint density at radius 2 is 1.77 bits per heavy atom. The highest BCUT2D eigenvalue weighted by atomic mass is 16.6. The number of esters is 1. The Kier molecular flexibility index (Phi) is 7.28. The normalized spacial score (nSPS) is 34.6. The Morgan fingerprint density at radius 1 is 1.00 bits per heavy atom. The molecule has 5 aliphatic rings. The molecule has 0 saturated carbocycles. The number of nitrogens with zero attached hydrogens (tertiary/aromatic N) is 3. The van der Waals surface area contributed by atoms with Crippen LogP contribution in [0.25, 0.3) is 0 Å². The van der Waals surface area contributed by atoms with Gasteiger partial charge >= 0.3 is 5.97 Å². The van der Waals surface area contributed by atoms with Crippen LogP contribution in [0.1, 0.15) is 12.5 Å². The molecule has 1 spiro atoms. The average molecular weight is 552 g/mol. The second-order valence-electron chi connectivity index (χ2n) is 11.4.